The van der Waals surface area contributed by atoms with Gasteiger partial charge < -0.3 is 14.8 Å². The number of hydrogen-bond acceptors (Lipinski definition) is 7. The molecular formula is C23H20N4O2S. The maximum Gasteiger partial charge on any atom is 0.247 e. The number of rotatable bonds is 4. The second-order valence-corrected chi connectivity index (χ2v) is 7.54. The summed E-state index contributed by atoms with van der Waals surface area (Å²) in [5.74, 6) is 1.23. The molecule has 1 unspecified atom stereocenters. The predicted octanol–water partition coefficient (Wildman–Crippen LogP) is 5.32. The van der Waals surface area contributed by atoms with Crippen LogP contribution in [0.1, 0.15) is 18.7 Å². The fourth-order valence-electron chi connectivity index (χ4n) is 3.69. The van der Waals surface area contributed by atoms with Gasteiger partial charge in [-0.1, -0.05) is 60.3 Å². The van der Waals surface area contributed by atoms with Crippen LogP contribution < -0.4 is 14.8 Å². The Morgan fingerprint density at radius 2 is 1.87 bits per heavy atom. The molecule has 1 N–H and O–H groups in total. The largest absolute Gasteiger partial charge is 0.493 e. The number of para-hydroxylation sites is 1. The lowest BCUT2D eigenvalue weighted by Crippen LogP contribution is -2.19. The summed E-state index contributed by atoms with van der Waals surface area (Å²) in [6.07, 6.45) is 1.41. The Bertz CT molecular complexity index is 1230. The van der Waals surface area contributed by atoms with Crippen molar-refractivity contribution in [3.63, 3.8) is 0 Å². The molecule has 0 spiro atoms. The van der Waals surface area contributed by atoms with Crippen LogP contribution in [0.15, 0.2) is 65.8 Å². The topological polar surface area (TPSA) is 69.2 Å². The summed E-state index contributed by atoms with van der Waals surface area (Å²) in [6, 6.07) is 20.2. The van der Waals surface area contributed by atoms with Crippen molar-refractivity contribution >= 4 is 28.2 Å². The first-order chi connectivity index (χ1) is 14.8. The van der Waals surface area contributed by atoms with Crippen LogP contribution in [-0.4, -0.2) is 28.0 Å². The molecular weight excluding hydrogens is 396 g/mol. The molecule has 6 nitrogen and oxygen atoms in total. The summed E-state index contributed by atoms with van der Waals surface area (Å²) in [5.41, 5.74) is 3.36. The number of fused-ring (bicyclic) bond motifs is 4. The highest BCUT2D eigenvalue weighted by molar-refractivity contribution is 7.98. The zero-order valence-corrected chi connectivity index (χ0v) is 17.4. The van der Waals surface area contributed by atoms with Gasteiger partial charge in [0.2, 0.25) is 17.3 Å². The molecule has 0 aliphatic carbocycles. The van der Waals surface area contributed by atoms with Gasteiger partial charge in [-0.15, -0.1) is 10.2 Å². The number of aromatic nitrogens is 3. The number of hydrogen-bond donors (Lipinski definition) is 1. The van der Waals surface area contributed by atoms with E-state index in [9.17, 15) is 0 Å². The van der Waals surface area contributed by atoms with E-state index >= 15 is 0 Å². The van der Waals surface area contributed by atoms with E-state index in [1.807, 2.05) is 55.6 Å². The van der Waals surface area contributed by atoms with Gasteiger partial charge >= 0.3 is 0 Å². The van der Waals surface area contributed by atoms with E-state index in [1.54, 1.807) is 0 Å². The highest BCUT2D eigenvalue weighted by Gasteiger charge is 2.29. The lowest BCUT2D eigenvalue weighted by molar-refractivity contribution is 0.218. The van der Waals surface area contributed by atoms with E-state index in [4.69, 9.17) is 9.47 Å². The van der Waals surface area contributed by atoms with E-state index < -0.39 is 6.23 Å². The van der Waals surface area contributed by atoms with Crippen molar-refractivity contribution in [2.45, 2.75) is 18.3 Å². The van der Waals surface area contributed by atoms with Crippen LogP contribution in [0.4, 0.5) is 5.69 Å². The van der Waals surface area contributed by atoms with Gasteiger partial charge in [-0.3, -0.25) is 0 Å². The molecule has 3 aromatic carbocycles. The van der Waals surface area contributed by atoms with Crippen LogP contribution in [0, 0.1) is 0 Å². The van der Waals surface area contributed by atoms with Crippen LogP contribution in [0.3, 0.4) is 0 Å². The number of ether oxygens (including phenoxy) is 2. The Balaban J connectivity index is 1.74. The summed E-state index contributed by atoms with van der Waals surface area (Å²) >= 11 is 1.43. The summed E-state index contributed by atoms with van der Waals surface area (Å²) in [5, 5.41) is 14.9. The van der Waals surface area contributed by atoms with Crippen LogP contribution in [0.2, 0.25) is 0 Å². The minimum atomic E-state index is -0.508. The Morgan fingerprint density at radius 1 is 1.03 bits per heavy atom. The maximum absolute atomic E-state index is 6.45. The van der Waals surface area contributed by atoms with Crippen molar-refractivity contribution in [1.29, 1.82) is 0 Å². The van der Waals surface area contributed by atoms with Crippen LogP contribution in [-0.2, 0) is 0 Å². The standard InChI is InChI=1S/C23H20N4O2S/c1-3-28-18-13-12-14-8-4-5-9-15(14)19(18)21-24-17-11-7-6-10-16(17)20-22(29-21)25-23(30-2)27-26-20/h4-13,21,24H,3H2,1-2H3. The number of anilines is 1. The van der Waals surface area contributed by atoms with Crippen molar-refractivity contribution in [3.05, 3.63) is 66.2 Å². The molecule has 0 saturated heterocycles. The Hall–Kier alpha value is -3.32. The smallest absolute Gasteiger partial charge is 0.247 e. The third-order valence-electron chi connectivity index (χ3n) is 5.01. The second-order valence-electron chi connectivity index (χ2n) is 6.77. The molecule has 0 saturated carbocycles. The molecule has 2 heterocycles. The molecule has 150 valence electrons. The predicted molar refractivity (Wildman–Crippen MR) is 119 cm³/mol. The highest BCUT2D eigenvalue weighted by Crippen LogP contribution is 2.43. The van der Waals surface area contributed by atoms with Gasteiger partial charge in [-0.05, 0) is 36.1 Å². The summed E-state index contributed by atoms with van der Waals surface area (Å²) < 4.78 is 12.4. The van der Waals surface area contributed by atoms with E-state index in [-0.39, 0.29) is 0 Å². The molecule has 1 aromatic heterocycles. The van der Waals surface area contributed by atoms with Gasteiger partial charge in [0.1, 0.15) is 5.75 Å². The lowest BCUT2D eigenvalue weighted by atomic mass is 10.0. The molecule has 0 radical (unpaired) electrons. The fraction of sp³-hybridized carbons (Fsp3) is 0.174. The summed E-state index contributed by atoms with van der Waals surface area (Å²) in [4.78, 5) is 4.61. The van der Waals surface area contributed by atoms with Crippen LogP contribution in [0.25, 0.3) is 22.0 Å². The minimum absolute atomic E-state index is 0.451. The number of nitrogens with zero attached hydrogens (tertiary/aromatic N) is 3. The Kier molecular flexibility index (Phi) is 4.88. The first-order valence-electron chi connectivity index (χ1n) is 9.74. The van der Waals surface area contributed by atoms with Crippen molar-refractivity contribution in [2.75, 3.05) is 18.2 Å². The Morgan fingerprint density at radius 3 is 2.73 bits per heavy atom. The molecule has 5 rings (SSSR count). The SMILES string of the molecule is CCOc1ccc2ccccc2c1C1Nc2ccccc2-c2nnc(SC)nc2O1. The molecule has 1 aliphatic rings. The maximum atomic E-state index is 6.45. The molecule has 0 amide bonds. The van der Waals surface area contributed by atoms with Crippen molar-refractivity contribution in [1.82, 2.24) is 15.2 Å². The van der Waals surface area contributed by atoms with Gasteiger partial charge in [0.25, 0.3) is 0 Å². The van der Waals surface area contributed by atoms with Crippen molar-refractivity contribution in [2.24, 2.45) is 0 Å². The van der Waals surface area contributed by atoms with Gasteiger partial charge in [0.05, 0.1) is 12.2 Å². The third kappa shape index (κ3) is 3.21. The van der Waals surface area contributed by atoms with Crippen molar-refractivity contribution in [3.8, 4) is 22.9 Å². The van der Waals surface area contributed by atoms with Gasteiger partial charge in [0, 0.05) is 11.3 Å². The van der Waals surface area contributed by atoms with Crippen molar-refractivity contribution < 1.29 is 9.47 Å². The van der Waals surface area contributed by atoms with Gasteiger partial charge in [-0.25, -0.2) is 0 Å². The first-order valence-corrected chi connectivity index (χ1v) is 11.0. The second kappa shape index (κ2) is 7.84. The third-order valence-corrected chi connectivity index (χ3v) is 5.55. The van der Waals surface area contributed by atoms with E-state index in [2.05, 4.69) is 38.7 Å². The molecule has 1 atom stereocenters. The highest BCUT2D eigenvalue weighted by atomic mass is 32.2. The van der Waals surface area contributed by atoms with Crippen LogP contribution in [0.5, 0.6) is 11.6 Å². The average molecular weight is 417 g/mol. The summed E-state index contributed by atoms with van der Waals surface area (Å²) in [6.45, 7) is 2.54. The normalized spacial score (nSPS) is 14.8. The monoisotopic (exact) mass is 416 g/mol. The Labute approximate surface area is 178 Å². The number of nitrogens with one attached hydrogen (secondary N) is 1. The first kappa shape index (κ1) is 18.7. The van der Waals surface area contributed by atoms with Crippen LogP contribution >= 0.6 is 11.8 Å². The lowest BCUT2D eigenvalue weighted by Gasteiger charge is -2.23. The molecule has 4 aromatic rings. The average Bonchev–Trinajstić information content (AvgIpc) is 2.95. The number of thioether (sulfide) groups is 1. The minimum Gasteiger partial charge on any atom is -0.493 e. The molecule has 7 heteroatoms. The molecule has 0 fully saturated rings. The van der Waals surface area contributed by atoms with E-state index in [1.165, 1.54) is 11.8 Å². The molecule has 0 bridgehead atoms. The molecule has 30 heavy (non-hydrogen) atoms. The molecule has 1 aliphatic heterocycles. The van der Waals surface area contributed by atoms with Gasteiger partial charge in [0.15, 0.2) is 5.69 Å². The van der Waals surface area contributed by atoms with E-state index in [0.717, 1.165) is 33.3 Å². The number of benzene rings is 3. The van der Waals surface area contributed by atoms with Gasteiger partial charge in [-0.2, -0.15) is 4.98 Å². The quantitative estimate of drug-likeness (QED) is 0.452. The zero-order valence-electron chi connectivity index (χ0n) is 16.6. The zero-order chi connectivity index (χ0) is 20.5. The van der Waals surface area contributed by atoms with E-state index in [0.29, 0.717) is 23.3 Å². The fourth-order valence-corrected chi connectivity index (χ4v) is 3.99. The summed E-state index contributed by atoms with van der Waals surface area (Å²) in [7, 11) is 0.